The van der Waals surface area contributed by atoms with E-state index in [1.165, 1.54) is 6.07 Å². The average Bonchev–Trinajstić information content (AvgIpc) is 3.16. The fraction of sp³-hybridized carbons (Fsp3) is 0.217. The van der Waals surface area contributed by atoms with E-state index in [0.29, 0.717) is 15.5 Å². The summed E-state index contributed by atoms with van der Waals surface area (Å²) in [5, 5.41) is 10.7. The number of hydrogen-bond donors (Lipinski definition) is 3. The van der Waals surface area contributed by atoms with Crippen LogP contribution in [0.15, 0.2) is 70.9 Å². The van der Waals surface area contributed by atoms with Crippen molar-refractivity contribution in [1.29, 1.82) is 0 Å². The summed E-state index contributed by atoms with van der Waals surface area (Å²) in [7, 11) is -4.19. The summed E-state index contributed by atoms with van der Waals surface area (Å²) in [6.07, 6.45) is -0.913. The first-order chi connectivity index (χ1) is 16.1. The van der Waals surface area contributed by atoms with Crippen LogP contribution in [0.2, 0.25) is 5.02 Å². The van der Waals surface area contributed by atoms with Crippen molar-refractivity contribution in [2.75, 3.05) is 6.61 Å². The minimum absolute atomic E-state index is 0.00385. The Labute approximate surface area is 205 Å². The molecule has 0 unspecified atom stereocenters. The quantitative estimate of drug-likeness (QED) is 0.390. The van der Waals surface area contributed by atoms with Crippen molar-refractivity contribution in [3.63, 3.8) is 0 Å². The van der Waals surface area contributed by atoms with Crippen LogP contribution in [0.3, 0.4) is 0 Å². The number of sulfonamides is 1. The number of rotatable bonds is 9. The maximum Gasteiger partial charge on any atom is 0.404 e. The lowest BCUT2D eigenvalue weighted by molar-refractivity contribution is -0.140. The summed E-state index contributed by atoms with van der Waals surface area (Å²) >= 11 is 6.95. The molecule has 2 aromatic carbocycles. The molecule has 0 bridgehead atoms. The first kappa shape index (κ1) is 24.2. The second-order valence-electron chi connectivity index (χ2n) is 7.98. The number of primary amides is 1. The number of aliphatic carboxylic acids is 1. The van der Waals surface area contributed by atoms with Gasteiger partial charge in [-0.2, -0.15) is 4.72 Å². The molecule has 4 rings (SSSR count). The molecule has 8 nitrogen and oxygen atoms in total. The number of hydrogen-bond acceptors (Lipinski definition) is 6. The fourth-order valence-corrected chi connectivity index (χ4v) is 7.12. The zero-order valence-electron chi connectivity index (χ0n) is 17.7. The first-order valence-electron chi connectivity index (χ1n) is 10.2. The van der Waals surface area contributed by atoms with Crippen molar-refractivity contribution in [3.8, 4) is 10.4 Å². The van der Waals surface area contributed by atoms with Crippen LogP contribution in [0.1, 0.15) is 18.4 Å². The number of carboxylic acid groups (broad SMARTS) is 1. The van der Waals surface area contributed by atoms with E-state index in [1.54, 1.807) is 60.7 Å². The predicted octanol–water partition coefficient (Wildman–Crippen LogP) is 4.00. The topological polar surface area (TPSA) is 136 Å². The number of carbonyl (C=O) groups excluding carboxylic acids is 1. The van der Waals surface area contributed by atoms with Crippen LogP contribution in [0.5, 0.6) is 0 Å². The Balaban J connectivity index is 1.66. The molecule has 34 heavy (non-hydrogen) atoms. The van der Waals surface area contributed by atoms with Crippen LogP contribution in [0.4, 0.5) is 4.79 Å². The molecule has 1 fully saturated rings. The molecule has 0 aliphatic heterocycles. The minimum atomic E-state index is -4.19. The molecule has 0 spiro atoms. The number of carbonyl (C=O) groups is 2. The number of halogens is 1. The maximum absolute atomic E-state index is 13.3. The van der Waals surface area contributed by atoms with Crippen molar-refractivity contribution >= 4 is 45.0 Å². The number of nitrogens with one attached hydrogen (secondary N) is 1. The third-order valence-electron chi connectivity index (χ3n) is 6.01. The molecule has 1 aromatic heterocycles. The van der Waals surface area contributed by atoms with Crippen LogP contribution in [-0.4, -0.2) is 37.7 Å². The van der Waals surface area contributed by atoms with Crippen molar-refractivity contribution < 1.29 is 27.9 Å². The highest BCUT2D eigenvalue weighted by Gasteiger charge is 2.74. The second-order valence-corrected chi connectivity index (χ2v) is 11.4. The highest BCUT2D eigenvalue weighted by molar-refractivity contribution is 7.91. The van der Waals surface area contributed by atoms with Crippen molar-refractivity contribution in [2.24, 2.45) is 5.73 Å². The zero-order valence-corrected chi connectivity index (χ0v) is 20.1. The van der Waals surface area contributed by atoms with Gasteiger partial charge in [0.05, 0.1) is 6.61 Å². The molecule has 3 aromatic rings. The molecular formula is C23H21ClN2O6S2. The molecule has 1 saturated carbocycles. The number of benzene rings is 2. The van der Waals surface area contributed by atoms with E-state index in [-0.39, 0.29) is 23.7 Å². The largest absolute Gasteiger partial charge is 0.480 e. The Hall–Kier alpha value is -2.92. The lowest BCUT2D eigenvalue weighted by atomic mass is 9.87. The van der Waals surface area contributed by atoms with Crippen molar-refractivity contribution in [1.82, 2.24) is 4.72 Å². The molecule has 1 amide bonds. The van der Waals surface area contributed by atoms with Gasteiger partial charge in [-0.3, -0.25) is 4.79 Å². The summed E-state index contributed by atoms with van der Waals surface area (Å²) in [5.41, 5.74) is 3.55. The van der Waals surface area contributed by atoms with Gasteiger partial charge >= 0.3 is 12.1 Å². The summed E-state index contributed by atoms with van der Waals surface area (Å²) in [6, 6.07) is 18.8. The van der Waals surface area contributed by atoms with Gasteiger partial charge in [-0.15, -0.1) is 11.3 Å². The summed E-state index contributed by atoms with van der Waals surface area (Å²) in [4.78, 5) is 24.2. The van der Waals surface area contributed by atoms with Gasteiger partial charge in [-0.05, 0) is 48.2 Å². The van der Waals surface area contributed by atoms with Gasteiger partial charge in [0.1, 0.15) is 9.75 Å². The van der Waals surface area contributed by atoms with Gasteiger partial charge in [-0.25, -0.2) is 13.2 Å². The molecule has 178 valence electrons. The van der Waals surface area contributed by atoms with Gasteiger partial charge in [0.25, 0.3) is 10.0 Å². The van der Waals surface area contributed by atoms with Crippen molar-refractivity contribution in [2.45, 2.75) is 28.0 Å². The van der Waals surface area contributed by atoms with E-state index < -0.39 is 33.0 Å². The van der Waals surface area contributed by atoms with Crippen molar-refractivity contribution in [3.05, 3.63) is 77.3 Å². The third kappa shape index (κ3) is 4.41. The first-order valence-corrected chi connectivity index (χ1v) is 12.9. The molecule has 11 heteroatoms. The van der Waals surface area contributed by atoms with Gasteiger partial charge in [0, 0.05) is 15.3 Å². The molecule has 1 aliphatic rings. The number of amides is 1. The number of thiophene rings is 1. The lowest BCUT2D eigenvalue weighted by Gasteiger charge is -2.24. The molecule has 4 N–H and O–H groups in total. The second kappa shape index (κ2) is 9.03. The van der Waals surface area contributed by atoms with E-state index in [1.807, 2.05) is 0 Å². The Morgan fingerprint density at radius 1 is 1.09 bits per heavy atom. The van der Waals surface area contributed by atoms with Crippen LogP contribution < -0.4 is 10.5 Å². The average molecular weight is 521 g/mol. The normalized spacial score (nSPS) is 21.7. The van der Waals surface area contributed by atoms with Gasteiger partial charge in [-0.1, -0.05) is 54.1 Å². The van der Waals surface area contributed by atoms with Gasteiger partial charge in [0.15, 0.2) is 0 Å². The summed E-state index contributed by atoms with van der Waals surface area (Å²) in [5.74, 6) is -1.31. The Morgan fingerprint density at radius 3 is 2.38 bits per heavy atom. The highest BCUT2D eigenvalue weighted by Crippen LogP contribution is 2.60. The van der Waals surface area contributed by atoms with Crippen LogP contribution in [0.25, 0.3) is 10.4 Å². The van der Waals surface area contributed by atoms with Gasteiger partial charge in [0.2, 0.25) is 0 Å². The van der Waals surface area contributed by atoms with Crippen LogP contribution >= 0.6 is 22.9 Å². The van der Waals surface area contributed by atoms with E-state index in [0.717, 1.165) is 16.9 Å². The molecule has 1 heterocycles. The van der Waals surface area contributed by atoms with E-state index in [4.69, 9.17) is 22.1 Å². The molecule has 0 radical (unpaired) electrons. The molecule has 0 saturated heterocycles. The van der Waals surface area contributed by atoms with Crippen LogP contribution in [-0.2, 0) is 25.0 Å². The predicted molar refractivity (Wildman–Crippen MR) is 128 cm³/mol. The van der Waals surface area contributed by atoms with E-state index in [2.05, 4.69) is 4.72 Å². The zero-order chi connectivity index (χ0) is 24.6. The van der Waals surface area contributed by atoms with E-state index in [9.17, 15) is 23.1 Å². The summed E-state index contributed by atoms with van der Waals surface area (Å²) < 4.78 is 33.9. The lowest BCUT2D eigenvalue weighted by Crippen LogP contribution is -2.49. The van der Waals surface area contributed by atoms with Crippen LogP contribution in [0, 0.1) is 0 Å². The molecule has 1 aliphatic carbocycles. The number of nitrogens with two attached hydrogens (primary N) is 1. The number of ether oxygens (including phenoxy) is 1. The Morgan fingerprint density at radius 2 is 1.76 bits per heavy atom. The monoisotopic (exact) mass is 520 g/mol. The Bertz CT molecular complexity index is 1330. The Kier molecular flexibility index (Phi) is 6.43. The molecule has 2 atom stereocenters. The van der Waals surface area contributed by atoms with Gasteiger partial charge < -0.3 is 15.6 Å². The summed E-state index contributed by atoms with van der Waals surface area (Å²) in [6.45, 7) is -0.152. The standard InChI is InChI=1S/C23H21ClN2O6S2/c24-17-8-6-15(7-9-17)18-10-11-19(33-18)34(30,31)26-23(20(27)28)14-22(23,12-13-32-21(25)29)16-4-2-1-3-5-16/h1-11,26H,12-14H2,(H2,25,29)(H,27,28)/t22-,23-/m0/s1. The van der Waals surface area contributed by atoms with E-state index >= 15 is 0 Å². The maximum atomic E-state index is 13.3. The minimum Gasteiger partial charge on any atom is -0.480 e. The third-order valence-corrected chi connectivity index (χ3v) is 9.38. The smallest absolute Gasteiger partial charge is 0.404 e. The SMILES string of the molecule is NC(=O)OCC[C@@]1(c2ccccc2)C[C@]1(NS(=O)(=O)c1ccc(-c2ccc(Cl)cc2)s1)C(=O)O. The number of carboxylic acids is 1. The molecular weight excluding hydrogens is 500 g/mol. The fourth-order valence-electron chi connectivity index (χ4n) is 4.26. The highest BCUT2D eigenvalue weighted by atomic mass is 35.5.